The van der Waals surface area contributed by atoms with Gasteiger partial charge in [-0.1, -0.05) is 6.92 Å². The monoisotopic (exact) mass is 464 g/mol. The first-order valence-electron chi connectivity index (χ1n) is 9.46. The summed E-state index contributed by atoms with van der Waals surface area (Å²) in [7, 11) is -3.83. The molecule has 0 atom stereocenters. The molecule has 0 spiro atoms. The van der Waals surface area contributed by atoms with Crippen molar-refractivity contribution in [2.75, 3.05) is 5.75 Å². The Bertz CT molecular complexity index is 1430. The van der Waals surface area contributed by atoms with Gasteiger partial charge in [-0.3, -0.25) is 9.78 Å². The lowest BCUT2D eigenvalue weighted by Gasteiger charge is -2.13. The van der Waals surface area contributed by atoms with Crippen LogP contribution in [-0.2, 0) is 15.3 Å². The largest absolute Gasteiger partial charge is 0.573 e. The van der Waals surface area contributed by atoms with Crippen LogP contribution >= 0.6 is 0 Å². The molecule has 0 N–H and O–H groups in total. The smallest absolute Gasteiger partial charge is 0.463 e. The molecular weight excluding hydrogens is 449 g/mol. The molecule has 166 valence electrons. The summed E-state index contributed by atoms with van der Waals surface area (Å²) < 4.78 is 72.0. The summed E-state index contributed by atoms with van der Waals surface area (Å²) >= 11 is 0. The number of rotatable bonds is 5. The van der Waals surface area contributed by atoms with Gasteiger partial charge in [-0.25, -0.2) is 8.42 Å². The summed E-state index contributed by atoms with van der Waals surface area (Å²) in [5, 5.41) is 9.36. The lowest BCUT2D eigenvalue weighted by molar-refractivity contribution is -0.274. The van der Waals surface area contributed by atoms with Gasteiger partial charge in [0.25, 0.3) is 0 Å². The minimum Gasteiger partial charge on any atom is -0.463 e. The lowest BCUT2D eigenvalue weighted by atomic mass is 9.99. The van der Waals surface area contributed by atoms with Crippen molar-refractivity contribution in [2.45, 2.75) is 36.4 Å². The number of halogens is 3. The third kappa shape index (κ3) is 3.82. The number of hydrogen-bond donors (Lipinski definition) is 0. The van der Waals surface area contributed by atoms with Crippen molar-refractivity contribution in [3.63, 3.8) is 0 Å². The average Bonchev–Trinajstić information content (AvgIpc) is 3.54. The van der Waals surface area contributed by atoms with Crippen molar-refractivity contribution in [1.29, 1.82) is 5.26 Å². The first-order valence-corrected chi connectivity index (χ1v) is 11.1. The topological polar surface area (TPSA) is 110 Å². The van der Waals surface area contributed by atoms with Crippen LogP contribution in [0.2, 0.25) is 0 Å². The van der Waals surface area contributed by atoms with E-state index in [0.717, 1.165) is 24.5 Å². The van der Waals surface area contributed by atoms with E-state index in [1.165, 1.54) is 19.2 Å². The van der Waals surface area contributed by atoms with E-state index in [2.05, 4.69) is 15.8 Å². The van der Waals surface area contributed by atoms with Gasteiger partial charge in [-0.2, -0.15) is 5.26 Å². The highest BCUT2D eigenvalue weighted by Crippen LogP contribution is 2.48. The van der Waals surface area contributed by atoms with Crippen molar-refractivity contribution in [3.8, 4) is 23.1 Å². The Kier molecular flexibility index (Phi) is 5.01. The van der Waals surface area contributed by atoms with E-state index in [-0.39, 0.29) is 32.9 Å². The summed E-state index contributed by atoms with van der Waals surface area (Å²) in [5.74, 6) is -0.828. The summed E-state index contributed by atoms with van der Waals surface area (Å²) in [5.41, 5.74) is -1.47. The molecule has 11 heteroatoms. The Morgan fingerprint density at radius 3 is 2.59 bits per heavy atom. The molecule has 0 unspecified atom stereocenters. The maximum atomic E-state index is 13.0. The molecule has 0 bridgehead atoms. The molecule has 1 aliphatic carbocycles. The molecule has 1 saturated carbocycles. The highest BCUT2D eigenvalue weighted by Gasteiger charge is 2.46. The summed E-state index contributed by atoms with van der Waals surface area (Å²) in [6.45, 7) is 1.44. The van der Waals surface area contributed by atoms with Gasteiger partial charge in [0.1, 0.15) is 17.6 Å². The Labute approximate surface area is 180 Å². The van der Waals surface area contributed by atoms with Crippen LogP contribution in [0.1, 0.15) is 25.3 Å². The van der Waals surface area contributed by atoms with Crippen LogP contribution in [0.4, 0.5) is 13.2 Å². The highest BCUT2D eigenvalue weighted by atomic mass is 32.2. The van der Waals surface area contributed by atoms with E-state index in [0.29, 0.717) is 18.4 Å². The normalized spacial score (nSPS) is 15.3. The molecular formula is C21H15F3N2O5S. The van der Waals surface area contributed by atoms with E-state index in [9.17, 15) is 31.6 Å². The Morgan fingerprint density at radius 1 is 1.28 bits per heavy atom. The molecule has 0 saturated heterocycles. The second kappa shape index (κ2) is 7.34. The Balaban J connectivity index is 1.88. The summed E-state index contributed by atoms with van der Waals surface area (Å²) in [4.78, 5) is 17.0. The first kappa shape index (κ1) is 21.8. The molecule has 0 amide bonds. The number of nitrogens with zero attached hydrogens (tertiary/aromatic N) is 2. The third-order valence-electron chi connectivity index (χ3n) is 5.32. The van der Waals surface area contributed by atoms with Crippen LogP contribution in [0.5, 0.6) is 5.75 Å². The zero-order chi connectivity index (χ0) is 23.3. The van der Waals surface area contributed by atoms with Gasteiger partial charge in [-0.05, 0) is 36.6 Å². The van der Waals surface area contributed by atoms with Crippen LogP contribution in [-0.4, -0.2) is 25.5 Å². The molecule has 1 aliphatic rings. The van der Waals surface area contributed by atoms with Crippen molar-refractivity contribution in [1.82, 2.24) is 4.98 Å². The van der Waals surface area contributed by atoms with Crippen molar-refractivity contribution < 1.29 is 30.7 Å². The molecule has 7 nitrogen and oxygen atoms in total. The van der Waals surface area contributed by atoms with Gasteiger partial charge in [0.2, 0.25) is 5.43 Å². The standard InChI is InChI=1S/C21H15F3N2O5S/c1-2-32(28,29)17-7-12(20(11-25)5-6-20)9-26-18(17)15-10-30-16-8-13(31-21(22,23)24)3-4-14(16)19(15)27/h3-4,7-10H,2,5-6H2,1H3. The number of pyridine rings is 1. The van der Waals surface area contributed by atoms with Crippen molar-refractivity contribution in [2.24, 2.45) is 0 Å². The van der Waals surface area contributed by atoms with E-state index in [1.807, 2.05) is 0 Å². The van der Waals surface area contributed by atoms with Gasteiger partial charge in [0.15, 0.2) is 9.84 Å². The number of ether oxygens (including phenoxy) is 1. The van der Waals surface area contributed by atoms with Crippen molar-refractivity contribution >= 4 is 20.8 Å². The quantitative estimate of drug-likeness (QED) is 0.559. The molecule has 32 heavy (non-hydrogen) atoms. The van der Waals surface area contributed by atoms with E-state index >= 15 is 0 Å². The van der Waals surface area contributed by atoms with Crippen LogP contribution < -0.4 is 10.2 Å². The second-order valence-corrected chi connectivity index (χ2v) is 9.60. The van der Waals surface area contributed by atoms with Gasteiger partial charge >= 0.3 is 6.36 Å². The second-order valence-electron chi connectivity index (χ2n) is 7.35. The number of sulfone groups is 1. The molecule has 2 heterocycles. The molecule has 4 rings (SSSR count). The number of fused-ring (bicyclic) bond motifs is 1. The highest BCUT2D eigenvalue weighted by molar-refractivity contribution is 7.91. The fourth-order valence-electron chi connectivity index (χ4n) is 3.36. The molecule has 3 aromatic rings. The fourth-order valence-corrected chi connectivity index (χ4v) is 4.44. The predicted octanol–water partition coefficient (Wildman–Crippen LogP) is 4.10. The minimum atomic E-state index is -4.91. The van der Waals surface area contributed by atoms with E-state index in [1.54, 1.807) is 0 Å². The van der Waals surface area contributed by atoms with Gasteiger partial charge < -0.3 is 9.15 Å². The third-order valence-corrected chi connectivity index (χ3v) is 7.06. The van der Waals surface area contributed by atoms with E-state index < -0.39 is 32.8 Å². The summed E-state index contributed by atoms with van der Waals surface area (Å²) in [6.07, 6.45) is -1.43. The summed E-state index contributed by atoms with van der Waals surface area (Å²) in [6, 6.07) is 6.51. The first-order chi connectivity index (χ1) is 15.0. The minimum absolute atomic E-state index is 0.0709. The van der Waals surface area contributed by atoms with Gasteiger partial charge in [0.05, 0.1) is 38.8 Å². The molecule has 0 aliphatic heterocycles. The van der Waals surface area contributed by atoms with Crippen molar-refractivity contribution in [3.05, 3.63) is 52.5 Å². The van der Waals surface area contributed by atoms with Crippen LogP contribution in [0.3, 0.4) is 0 Å². The number of alkyl halides is 3. The number of aromatic nitrogens is 1. The maximum Gasteiger partial charge on any atom is 0.573 e. The number of nitriles is 1. The molecule has 1 aromatic carbocycles. The fraction of sp³-hybridized carbons (Fsp3) is 0.286. The van der Waals surface area contributed by atoms with Gasteiger partial charge in [-0.15, -0.1) is 13.2 Å². The lowest BCUT2D eigenvalue weighted by Crippen LogP contribution is -2.17. The number of benzene rings is 1. The Hall–Kier alpha value is -3.39. The maximum absolute atomic E-state index is 13.0. The van der Waals surface area contributed by atoms with Gasteiger partial charge in [0, 0.05) is 12.3 Å². The number of hydrogen-bond acceptors (Lipinski definition) is 7. The predicted molar refractivity (Wildman–Crippen MR) is 107 cm³/mol. The van der Waals surface area contributed by atoms with Crippen LogP contribution in [0, 0.1) is 11.3 Å². The molecule has 2 aromatic heterocycles. The SMILES string of the molecule is CCS(=O)(=O)c1cc(C2(C#N)CC2)cnc1-c1coc2cc(OC(F)(F)F)ccc2c1=O. The van der Waals surface area contributed by atoms with Crippen LogP contribution in [0.25, 0.3) is 22.2 Å². The zero-order valence-electron chi connectivity index (χ0n) is 16.6. The Morgan fingerprint density at radius 2 is 2.00 bits per heavy atom. The zero-order valence-corrected chi connectivity index (χ0v) is 17.4. The van der Waals surface area contributed by atoms with Crippen LogP contribution in [0.15, 0.2) is 50.8 Å². The molecule has 1 fully saturated rings. The average molecular weight is 464 g/mol. The molecule has 0 radical (unpaired) electrons. The van der Waals surface area contributed by atoms with E-state index in [4.69, 9.17) is 4.42 Å².